The van der Waals surface area contributed by atoms with E-state index in [1.807, 2.05) is 41.7 Å². The maximum atomic E-state index is 12.3. The van der Waals surface area contributed by atoms with Gasteiger partial charge in [-0.3, -0.25) is 4.79 Å². The van der Waals surface area contributed by atoms with E-state index in [0.717, 1.165) is 37.0 Å². The Balaban J connectivity index is 1.25. The van der Waals surface area contributed by atoms with Gasteiger partial charge in [0.15, 0.2) is 6.54 Å². The smallest absolute Gasteiger partial charge is 0.275 e. The van der Waals surface area contributed by atoms with E-state index in [9.17, 15) is 4.79 Å². The number of thiazole rings is 1. The van der Waals surface area contributed by atoms with E-state index in [-0.39, 0.29) is 5.91 Å². The van der Waals surface area contributed by atoms with Crippen molar-refractivity contribution in [1.82, 2.24) is 10.3 Å². The summed E-state index contributed by atoms with van der Waals surface area (Å²) in [5.74, 6) is 0.640. The van der Waals surface area contributed by atoms with Crippen LogP contribution in [0.25, 0.3) is 10.2 Å². The molecule has 4 rings (SSSR count). The monoisotopic (exact) mass is 400 g/mol. The Bertz CT molecular complexity index is 884. The van der Waals surface area contributed by atoms with Gasteiger partial charge in [0.2, 0.25) is 0 Å². The third-order valence-electron chi connectivity index (χ3n) is 5.17. The van der Waals surface area contributed by atoms with Gasteiger partial charge in [-0.05, 0) is 29.8 Å². The summed E-state index contributed by atoms with van der Waals surface area (Å²) >= 11 is 7.70. The number of amides is 1. The molecule has 3 aromatic rings. The van der Waals surface area contributed by atoms with Crippen LogP contribution < -0.4 is 10.2 Å². The molecule has 1 aliphatic rings. The largest absolute Gasteiger partial charge is 0.347 e. The van der Waals surface area contributed by atoms with Gasteiger partial charge in [-0.2, -0.15) is 0 Å². The number of hydrogen-bond acceptors (Lipinski definition) is 3. The molecule has 0 unspecified atom stereocenters. The van der Waals surface area contributed by atoms with Gasteiger partial charge in [-0.1, -0.05) is 35.9 Å². The number of carbonyl (C=O) groups is 1. The molecule has 1 amide bonds. The number of nitrogens with one attached hydrogen (secondary N) is 2. The Hall–Kier alpha value is -1.95. The van der Waals surface area contributed by atoms with Gasteiger partial charge < -0.3 is 10.2 Å². The van der Waals surface area contributed by atoms with E-state index in [4.69, 9.17) is 16.6 Å². The lowest BCUT2D eigenvalue weighted by Gasteiger charge is -2.27. The molecule has 1 fully saturated rings. The molecule has 1 saturated heterocycles. The number of rotatable bonds is 5. The molecule has 0 spiro atoms. The first-order valence-corrected chi connectivity index (χ1v) is 10.6. The second kappa shape index (κ2) is 8.38. The fraction of sp³-hybridized carbons (Fsp3) is 0.333. The van der Waals surface area contributed by atoms with E-state index in [1.54, 1.807) is 0 Å². The Kier molecular flexibility index (Phi) is 5.72. The van der Waals surface area contributed by atoms with Crippen LogP contribution in [0.15, 0.2) is 48.5 Å². The van der Waals surface area contributed by atoms with Crippen LogP contribution in [-0.2, 0) is 11.3 Å². The molecule has 0 atom stereocenters. The first kappa shape index (κ1) is 18.4. The molecular weight excluding hydrogens is 378 g/mol. The number of quaternary nitrogens is 1. The summed E-state index contributed by atoms with van der Waals surface area (Å²) in [7, 11) is 0. The number of para-hydroxylation sites is 1. The molecule has 1 aliphatic heterocycles. The summed E-state index contributed by atoms with van der Waals surface area (Å²) in [4.78, 5) is 18.4. The minimum absolute atomic E-state index is 0.110. The summed E-state index contributed by atoms with van der Waals surface area (Å²) < 4.78 is 1.27. The SMILES string of the molecule is O=C(C[NH+]1CCC(c2nc3ccccc3s2)CC1)NCc1ccc(Cl)cc1. The number of piperidine rings is 1. The first-order chi connectivity index (χ1) is 13.2. The van der Waals surface area contributed by atoms with Gasteiger partial charge >= 0.3 is 0 Å². The Morgan fingerprint density at radius 2 is 1.89 bits per heavy atom. The molecule has 140 valence electrons. The summed E-state index contributed by atoms with van der Waals surface area (Å²) in [6, 6.07) is 15.9. The van der Waals surface area contributed by atoms with Crippen LogP contribution in [0.3, 0.4) is 0 Å². The van der Waals surface area contributed by atoms with Gasteiger partial charge in [0.1, 0.15) is 0 Å². The lowest BCUT2D eigenvalue weighted by molar-refractivity contribution is -0.897. The first-order valence-electron chi connectivity index (χ1n) is 9.37. The highest BCUT2D eigenvalue weighted by atomic mass is 35.5. The fourth-order valence-corrected chi connectivity index (χ4v) is 4.87. The number of benzene rings is 2. The highest BCUT2D eigenvalue weighted by molar-refractivity contribution is 7.18. The van der Waals surface area contributed by atoms with Gasteiger partial charge in [0.25, 0.3) is 5.91 Å². The molecule has 2 heterocycles. The zero-order chi connectivity index (χ0) is 18.6. The third-order valence-corrected chi connectivity index (χ3v) is 6.62. The lowest BCUT2D eigenvalue weighted by Crippen LogP contribution is -3.14. The van der Waals surface area contributed by atoms with Crippen molar-refractivity contribution in [2.45, 2.75) is 25.3 Å². The highest BCUT2D eigenvalue weighted by Crippen LogP contribution is 2.31. The summed E-state index contributed by atoms with van der Waals surface area (Å²) in [6.07, 6.45) is 2.19. The molecule has 0 bridgehead atoms. The maximum absolute atomic E-state index is 12.3. The predicted molar refractivity (Wildman–Crippen MR) is 110 cm³/mol. The number of aromatic nitrogens is 1. The molecule has 2 N–H and O–H groups in total. The number of likely N-dealkylation sites (tertiary alicyclic amines) is 1. The van der Waals surface area contributed by atoms with Crippen LogP contribution in [0, 0.1) is 0 Å². The van der Waals surface area contributed by atoms with E-state index in [2.05, 4.69) is 23.5 Å². The molecule has 0 saturated carbocycles. The number of fused-ring (bicyclic) bond motifs is 1. The van der Waals surface area contributed by atoms with E-state index in [1.165, 1.54) is 14.6 Å². The molecule has 0 radical (unpaired) electrons. The van der Waals surface area contributed by atoms with E-state index >= 15 is 0 Å². The van der Waals surface area contributed by atoms with Crippen LogP contribution in [0.5, 0.6) is 0 Å². The molecule has 6 heteroatoms. The standard InChI is InChI=1S/C21H22ClN3OS/c22-17-7-5-15(6-8-17)13-23-20(26)14-25-11-9-16(10-12-25)21-24-18-3-1-2-4-19(18)27-21/h1-8,16H,9-14H2,(H,23,26)/p+1. The quantitative estimate of drug-likeness (QED) is 0.691. The Morgan fingerprint density at radius 3 is 2.63 bits per heavy atom. The average molecular weight is 401 g/mol. The summed E-state index contributed by atoms with van der Waals surface area (Å²) in [6.45, 7) is 3.14. The van der Waals surface area contributed by atoms with Gasteiger partial charge in [-0.25, -0.2) is 4.98 Å². The summed E-state index contributed by atoms with van der Waals surface area (Å²) in [5.41, 5.74) is 2.17. The van der Waals surface area contributed by atoms with Crippen LogP contribution in [0.4, 0.5) is 0 Å². The zero-order valence-corrected chi connectivity index (χ0v) is 16.7. The van der Waals surface area contributed by atoms with Crippen LogP contribution in [0.1, 0.15) is 29.3 Å². The molecule has 0 aliphatic carbocycles. The average Bonchev–Trinajstić information content (AvgIpc) is 3.12. The van der Waals surface area contributed by atoms with Crippen molar-refractivity contribution < 1.29 is 9.69 Å². The normalized spacial score (nSPS) is 19.9. The van der Waals surface area contributed by atoms with Crippen molar-refractivity contribution in [2.24, 2.45) is 0 Å². The molecule has 1 aromatic heterocycles. The van der Waals surface area contributed by atoms with Crippen molar-refractivity contribution in [3.8, 4) is 0 Å². The van der Waals surface area contributed by atoms with Crippen molar-refractivity contribution in [3.05, 3.63) is 64.1 Å². The van der Waals surface area contributed by atoms with Crippen molar-refractivity contribution >= 4 is 39.1 Å². The topological polar surface area (TPSA) is 46.4 Å². The third kappa shape index (κ3) is 4.67. The molecule has 27 heavy (non-hydrogen) atoms. The number of carbonyl (C=O) groups excluding carboxylic acids is 1. The zero-order valence-electron chi connectivity index (χ0n) is 15.1. The predicted octanol–water partition coefficient (Wildman–Crippen LogP) is 3.03. The fourth-order valence-electron chi connectivity index (χ4n) is 3.61. The number of nitrogens with zero attached hydrogens (tertiary/aromatic N) is 1. The van der Waals surface area contributed by atoms with Crippen LogP contribution in [0.2, 0.25) is 5.02 Å². The second-order valence-electron chi connectivity index (χ2n) is 7.12. The lowest BCUT2D eigenvalue weighted by atomic mass is 9.97. The van der Waals surface area contributed by atoms with Gasteiger partial charge in [0.05, 0.1) is 28.3 Å². The molecular formula is C21H23ClN3OS+. The second-order valence-corrected chi connectivity index (χ2v) is 8.62. The minimum Gasteiger partial charge on any atom is -0.347 e. The van der Waals surface area contributed by atoms with E-state index < -0.39 is 0 Å². The van der Waals surface area contributed by atoms with Gasteiger partial charge in [-0.15, -0.1) is 11.3 Å². The van der Waals surface area contributed by atoms with Crippen LogP contribution in [-0.4, -0.2) is 30.5 Å². The number of hydrogen-bond donors (Lipinski definition) is 2. The number of halogens is 1. The molecule has 2 aromatic carbocycles. The van der Waals surface area contributed by atoms with Gasteiger partial charge in [0, 0.05) is 30.3 Å². The summed E-state index contributed by atoms with van der Waals surface area (Å²) in [5, 5.41) is 4.98. The molecule has 4 nitrogen and oxygen atoms in total. The van der Waals surface area contributed by atoms with Crippen molar-refractivity contribution in [2.75, 3.05) is 19.6 Å². The van der Waals surface area contributed by atoms with Crippen molar-refractivity contribution in [3.63, 3.8) is 0 Å². The van der Waals surface area contributed by atoms with Crippen LogP contribution >= 0.6 is 22.9 Å². The van der Waals surface area contributed by atoms with E-state index in [0.29, 0.717) is 24.0 Å². The van der Waals surface area contributed by atoms with Crippen molar-refractivity contribution in [1.29, 1.82) is 0 Å². The Labute approximate surface area is 168 Å². The minimum atomic E-state index is 0.110. The highest BCUT2D eigenvalue weighted by Gasteiger charge is 2.26. The Morgan fingerprint density at radius 1 is 1.15 bits per heavy atom. The maximum Gasteiger partial charge on any atom is 0.275 e.